The zero-order valence-electron chi connectivity index (χ0n) is 6.34. The topological polar surface area (TPSA) is 29.0 Å². The van der Waals surface area contributed by atoms with Gasteiger partial charge in [0.2, 0.25) is 0 Å². The second-order valence-corrected chi connectivity index (χ2v) is 3.69. The van der Waals surface area contributed by atoms with Crippen molar-refractivity contribution in [3.63, 3.8) is 0 Å². The van der Waals surface area contributed by atoms with Crippen LogP contribution in [0.3, 0.4) is 0 Å². The number of rotatable bonds is 0. The van der Waals surface area contributed by atoms with E-state index in [0.29, 0.717) is 5.41 Å². The van der Waals surface area contributed by atoms with Crippen LogP contribution in [0.15, 0.2) is 0 Å². The minimum atomic E-state index is 0.536. The van der Waals surface area contributed by atoms with Gasteiger partial charge in [-0.3, -0.25) is 0 Å². The monoisotopic (exact) mass is 139 g/mol. The van der Waals surface area contributed by atoms with E-state index in [1.807, 2.05) is 4.68 Å². The standard InChI is InChI=1S/C8H15N2/c9-10-6-5-8(7-10)3-1-2-4-8/h7H,1-6,9H2/q+1. The van der Waals surface area contributed by atoms with Crippen LogP contribution < -0.4 is 5.84 Å². The molecule has 10 heavy (non-hydrogen) atoms. The van der Waals surface area contributed by atoms with Gasteiger partial charge in [-0.15, -0.1) is 4.68 Å². The summed E-state index contributed by atoms with van der Waals surface area (Å²) < 4.78 is 1.87. The molecule has 0 aromatic rings. The first-order chi connectivity index (χ1) is 4.81. The van der Waals surface area contributed by atoms with E-state index in [4.69, 9.17) is 5.84 Å². The van der Waals surface area contributed by atoms with Gasteiger partial charge < -0.3 is 0 Å². The lowest BCUT2D eigenvalue weighted by molar-refractivity contribution is -0.527. The van der Waals surface area contributed by atoms with E-state index in [2.05, 4.69) is 6.21 Å². The highest BCUT2D eigenvalue weighted by Crippen LogP contribution is 2.40. The average Bonchev–Trinajstić information content (AvgIpc) is 2.46. The molecule has 1 spiro atoms. The minimum absolute atomic E-state index is 0.536. The molecule has 2 nitrogen and oxygen atoms in total. The van der Waals surface area contributed by atoms with Crippen LogP contribution in [0.1, 0.15) is 32.1 Å². The molecule has 1 aliphatic heterocycles. The maximum absolute atomic E-state index is 5.67. The van der Waals surface area contributed by atoms with Crippen molar-refractivity contribution in [2.45, 2.75) is 32.1 Å². The summed E-state index contributed by atoms with van der Waals surface area (Å²) in [5.41, 5.74) is 0.536. The van der Waals surface area contributed by atoms with Crippen LogP contribution in [0.25, 0.3) is 0 Å². The Morgan fingerprint density at radius 2 is 1.90 bits per heavy atom. The molecule has 0 saturated heterocycles. The summed E-state index contributed by atoms with van der Waals surface area (Å²) in [6.07, 6.45) is 9.11. The summed E-state index contributed by atoms with van der Waals surface area (Å²) in [5, 5.41) is 0. The van der Waals surface area contributed by atoms with Crippen molar-refractivity contribution in [2.75, 3.05) is 6.54 Å². The Morgan fingerprint density at radius 3 is 2.40 bits per heavy atom. The van der Waals surface area contributed by atoms with Crippen molar-refractivity contribution in [3.05, 3.63) is 0 Å². The van der Waals surface area contributed by atoms with Gasteiger partial charge in [-0.2, -0.15) is 0 Å². The Labute approximate surface area is 61.7 Å². The molecule has 1 heterocycles. The molecule has 0 bridgehead atoms. The third-order valence-electron chi connectivity index (χ3n) is 2.91. The minimum Gasteiger partial charge on any atom is -0.211 e. The quantitative estimate of drug-likeness (QED) is 0.392. The predicted octanol–water partition coefficient (Wildman–Crippen LogP) is 0.907. The Bertz CT molecular complexity index is 166. The second kappa shape index (κ2) is 1.97. The number of nitrogens with two attached hydrogens (primary N) is 1. The van der Waals surface area contributed by atoms with Crippen LogP contribution in [0, 0.1) is 5.41 Å². The molecule has 0 unspecified atom stereocenters. The fraction of sp³-hybridized carbons (Fsp3) is 0.875. The van der Waals surface area contributed by atoms with Crippen LogP contribution in [0.4, 0.5) is 0 Å². The van der Waals surface area contributed by atoms with E-state index in [9.17, 15) is 0 Å². The first kappa shape index (κ1) is 6.20. The highest BCUT2D eigenvalue weighted by Gasteiger charge is 2.40. The van der Waals surface area contributed by atoms with E-state index in [0.717, 1.165) is 6.54 Å². The van der Waals surface area contributed by atoms with E-state index >= 15 is 0 Å². The SMILES string of the molecule is N[N+]1=CC2(CCCC2)CC1. The fourth-order valence-corrected chi connectivity index (χ4v) is 2.29. The van der Waals surface area contributed by atoms with E-state index in [1.165, 1.54) is 32.1 Å². The Kier molecular flexibility index (Phi) is 1.22. The van der Waals surface area contributed by atoms with Gasteiger partial charge in [0.25, 0.3) is 0 Å². The molecule has 2 heteroatoms. The normalized spacial score (nSPS) is 29.4. The molecule has 0 atom stereocenters. The highest BCUT2D eigenvalue weighted by molar-refractivity contribution is 5.62. The number of hydrogen-bond acceptors (Lipinski definition) is 1. The van der Waals surface area contributed by atoms with Gasteiger partial charge in [0.15, 0.2) is 12.8 Å². The summed E-state index contributed by atoms with van der Waals surface area (Å²) in [4.78, 5) is 0. The molecule has 1 aliphatic carbocycles. The largest absolute Gasteiger partial charge is 0.211 e. The van der Waals surface area contributed by atoms with Gasteiger partial charge in [-0.05, 0) is 12.8 Å². The Morgan fingerprint density at radius 1 is 1.20 bits per heavy atom. The maximum Gasteiger partial charge on any atom is 0.176 e. The molecular formula is C8H15N2+. The third-order valence-corrected chi connectivity index (χ3v) is 2.91. The number of hydrogen-bond donors (Lipinski definition) is 1. The van der Waals surface area contributed by atoms with Gasteiger partial charge in [0.1, 0.15) is 0 Å². The van der Waals surface area contributed by atoms with Crippen molar-refractivity contribution in [1.82, 2.24) is 0 Å². The molecule has 2 N–H and O–H groups in total. The van der Waals surface area contributed by atoms with Crippen molar-refractivity contribution in [1.29, 1.82) is 0 Å². The zero-order chi connectivity index (χ0) is 7.03. The van der Waals surface area contributed by atoms with Crippen molar-refractivity contribution in [3.8, 4) is 0 Å². The van der Waals surface area contributed by atoms with Gasteiger partial charge in [-0.25, -0.2) is 5.84 Å². The Hall–Kier alpha value is -0.530. The van der Waals surface area contributed by atoms with Crippen molar-refractivity contribution < 1.29 is 4.68 Å². The van der Waals surface area contributed by atoms with E-state index in [1.54, 1.807) is 0 Å². The lowest BCUT2D eigenvalue weighted by Gasteiger charge is -2.11. The third kappa shape index (κ3) is 0.825. The average molecular weight is 139 g/mol. The first-order valence-electron chi connectivity index (χ1n) is 4.18. The number of hydrazone groups is 1. The molecular weight excluding hydrogens is 124 g/mol. The van der Waals surface area contributed by atoms with Gasteiger partial charge in [0.05, 0.1) is 5.41 Å². The van der Waals surface area contributed by atoms with E-state index in [-0.39, 0.29) is 0 Å². The molecule has 0 aromatic heterocycles. The summed E-state index contributed by atoms with van der Waals surface area (Å²) in [7, 11) is 0. The molecule has 0 aromatic carbocycles. The number of nitrogens with zero attached hydrogens (tertiary/aromatic N) is 1. The van der Waals surface area contributed by atoms with Crippen LogP contribution in [-0.4, -0.2) is 17.4 Å². The maximum atomic E-state index is 5.67. The van der Waals surface area contributed by atoms with Crippen LogP contribution in [0.5, 0.6) is 0 Å². The number of hydrazine groups is 1. The molecule has 0 amide bonds. The van der Waals surface area contributed by atoms with Crippen LogP contribution in [-0.2, 0) is 0 Å². The molecule has 56 valence electrons. The summed E-state index contributed by atoms with van der Waals surface area (Å²) >= 11 is 0. The highest BCUT2D eigenvalue weighted by atomic mass is 15.3. The van der Waals surface area contributed by atoms with E-state index < -0.39 is 0 Å². The smallest absolute Gasteiger partial charge is 0.176 e. The lowest BCUT2D eigenvalue weighted by atomic mass is 9.86. The molecule has 2 rings (SSSR count). The summed E-state index contributed by atoms with van der Waals surface area (Å²) in [5.74, 6) is 5.67. The van der Waals surface area contributed by atoms with Crippen LogP contribution >= 0.6 is 0 Å². The summed E-state index contributed by atoms with van der Waals surface area (Å²) in [6.45, 7) is 1.07. The zero-order valence-corrected chi connectivity index (χ0v) is 6.34. The van der Waals surface area contributed by atoms with Gasteiger partial charge >= 0.3 is 0 Å². The van der Waals surface area contributed by atoms with Gasteiger partial charge in [0, 0.05) is 6.42 Å². The Balaban J connectivity index is 2.16. The van der Waals surface area contributed by atoms with Gasteiger partial charge in [-0.1, -0.05) is 12.8 Å². The predicted molar refractivity (Wildman–Crippen MR) is 40.9 cm³/mol. The van der Waals surface area contributed by atoms with Crippen LogP contribution in [0.2, 0.25) is 0 Å². The molecule has 1 saturated carbocycles. The summed E-state index contributed by atoms with van der Waals surface area (Å²) in [6, 6.07) is 0. The first-order valence-corrected chi connectivity index (χ1v) is 4.18. The van der Waals surface area contributed by atoms with Crippen molar-refractivity contribution in [2.24, 2.45) is 11.3 Å². The second-order valence-electron chi connectivity index (χ2n) is 3.69. The lowest BCUT2D eigenvalue weighted by Crippen LogP contribution is -2.18. The molecule has 1 fully saturated rings. The molecule has 0 radical (unpaired) electrons. The molecule has 2 aliphatic rings. The van der Waals surface area contributed by atoms with Crippen molar-refractivity contribution >= 4 is 6.21 Å². The fourth-order valence-electron chi connectivity index (χ4n) is 2.29.